The SMILES string of the molecule is CN(C)CN(C)C(=O)CBr. The Labute approximate surface area is 70.1 Å². The Morgan fingerprint density at radius 1 is 1.40 bits per heavy atom. The van der Waals surface area contributed by atoms with Crippen LogP contribution in [-0.2, 0) is 4.79 Å². The average molecular weight is 209 g/mol. The van der Waals surface area contributed by atoms with E-state index in [9.17, 15) is 4.79 Å². The number of rotatable bonds is 3. The Bertz CT molecular complexity index is 116. The van der Waals surface area contributed by atoms with E-state index in [2.05, 4.69) is 15.9 Å². The third-order valence-corrected chi connectivity index (χ3v) is 1.51. The lowest BCUT2D eigenvalue weighted by molar-refractivity contribution is -0.128. The smallest absolute Gasteiger partial charge is 0.234 e. The summed E-state index contributed by atoms with van der Waals surface area (Å²) in [5.74, 6) is 0.105. The first-order chi connectivity index (χ1) is 4.57. The van der Waals surface area contributed by atoms with Crippen molar-refractivity contribution in [3.05, 3.63) is 0 Å². The van der Waals surface area contributed by atoms with E-state index < -0.39 is 0 Å². The van der Waals surface area contributed by atoms with Crippen LogP contribution in [0.2, 0.25) is 0 Å². The molecule has 10 heavy (non-hydrogen) atoms. The predicted octanol–water partition coefficient (Wildman–Crippen LogP) is 0.359. The summed E-state index contributed by atoms with van der Waals surface area (Å²) in [5, 5.41) is 0.400. The van der Waals surface area contributed by atoms with Crippen LogP contribution >= 0.6 is 15.9 Å². The second-order valence-corrected chi connectivity index (χ2v) is 3.01. The highest BCUT2D eigenvalue weighted by Crippen LogP contribution is 1.90. The van der Waals surface area contributed by atoms with Crippen LogP contribution in [0.1, 0.15) is 0 Å². The first kappa shape index (κ1) is 9.91. The molecule has 0 spiro atoms. The van der Waals surface area contributed by atoms with Gasteiger partial charge in [-0.2, -0.15) is 0 Å². The summed E-state index contributed by atoms with van der Waals surface area (Å²) >= 11 is 3.10. The lowest BCUT2D eigenvalue weighted by atomic mass is 10.6. The van der Waals surface area contributed by atoms with Gasteiger partial charge in [-0.25, -0.2) is 0 Å². The molecule has 0 aromatic heterocycles. The van der Waals surface area contributed by atoms with Gasteiger partial charge in [0, 0.05) is 7.05 Å². The quantitative estimate of drug-likeness (QED) is 0.495. The Hall–Kier alpha value is -0.0900. The molecule has 1 amide bonds. The molecular weight excluding hydrogens is 196 g/mol. The lowest BCUT2D eigenvalue weighted by Crippen LogP contribution is -2.35. The van der Waals surface area contributed by atoms with Gasteiger partial charge in [-0.15, -0.1) is 0 Å². The maximum atomic E-state index is 10.9. The fourth-order valence-electron chi connectivity index (χ4n) is 0.605. The minimum atomic E-state index is 0.105. The summed E-state index contributed by atoms with van der Waals surface area (Å²) < 4.78 is 0. The van der Waals surface area contributed by atoms with E-state index in [1.807, 2.05) is 19.0 Å². The number of alkyl halides is 1. The number of nitrogens with zero attached hydrogens (tertiary/aromatic N) is 2. The number of carbonyl (C=O) groups excluding carboxylic acids is 1. The van der Waals surface area contributed by atoms with Crippen LogP contribution in [0.15, 0.2) is 0 Å². The molecule has 0 rings (SSSR count). The van der Waals surface area contributed by atoms with Gasteiger partial charge in [0.2, 0.25) is 5.91 Å². The number of hydrogen-bond donors (Lipinski definition) is 0. The molecule has 0 saturated carbocycles. The van der Waals surface area contributed by atoms with Crippen molar-refractivity contribution in [2.24, 2.45) is 0 Å². The van der Waals surface area contributed by atoms with Crippen molar-refractivity contribution < 1.29 is 4.79 Å². The molecule has 4 heteroatoms. The molecule has 0 aliphatic heterocycles. The molecule has 0 aliphatic carbocycles. The van der Waals surface area contributed by atoms with Crippen LogP contribution in [-0.4, -0.2) is 48.8 Å². The maximum Gasteiger partial charge on any atom is 0.234 e. The molecule has 0 bridgehead atoms. The molecule has 3 nitrogen and oxygen atoms in total. The van der Waals surface area contributed by atoms with E-state index in [4.69, 9.17) is 0 Å². The molecule has 0 radical (unpaired) electrons. The average Bonchev–Trinajstić information content (AvgIpc) is 1.85. The van der Waals surface area contributed by atoms with Gasteiger partial charge in [0.15, 0.2) is 0 Å². The summed E-state index contributed by atoms with van der Waals surface area (Å²) in [7, 11) is 5.64. The van der Waals surface area contributed by atoms with Gasteiger partial charge >= 0.3 is 0 Å². The van der Waals surface area contributed by atoms with Crippen LogP contribution in [0.5, 0.6) is 0 Å². The van der Waals surface area contributed by atoms with E-state index in [0.717, 1.165) is 0 Å². The van der Waals surface area contributed by atoms with Crippen LogP contribution in [0.4, 0.5) is 0 Å². The van der Waals surface area contributed by atoms with E-state index in [1.165, 1.54) is 0 Å². The first-order valence-electron chi connectivity index (χ1n) is 3.02. The van der Waals surface area contributed by atoms with Gasteiger partial charge in [-0.05, 0) is 14.1 Å². The van der Waals surface area contributed by atoms with Gasteiger partial charge in [-0.3, -0.25) is 9.69 Å². The van der Waals surface area contributed by atoms with Gasteiger partial charge in [0.25, 0.3) is 0 Å². The van der Waals surface area contributed by atoms with Crippen LogP contribution < -0.4 is 0 Å². The Balaban J connectivity index is 3.61. The predicted molar refractivity (Wildman–Crippen MR) is 45.1 cm³/mol. The normalized spacial score (nSPS) is 10.1. The van der Waals surface area contributed by atoms with E-state index >= 15 is 0 Å². The highest BCUT2D eigenvalue weighted by atomic mass is 79.9. The monoisotopic (exact) mass is 208 g/mol. The zero-order chi connectivity index (χ0) is 8.15. The van der Waals surface area contributed by atoms with E-state index in [1.54, 1.807) is 11.9 Å². The molecule has 0 heterocycles. The minimum absolute atomic E-state index is 0.105. The zero-order valence-corrected chi connectivity index (χ0v) is 8.18. The minimum Gasteiger partial charge on any atom is -0.332 e. The molecule has 0 aliphatic rings. The van der Waals surface area contributed by atoms with Crippen molar-refractivity contribution in [1.82, 2.24) is 9.80 Å². The topological polar surface area (TPSA) is 23.6 Å². The highest BCUT2D eigenvalue weighted by molar-refractivity contribution is 9.09. The van der Waals surface area contributed by atoms with Crippen LogP contribution in [0.25, 0.3) is 0 Å². The van der Waals surface area contributed by atoms with Crippen molar-refractivity contribution in [1.29, 1.82) is 0 Å². The molecule has 0 atom stereocenters. The fourth-order valence-corrected chi connectivity index (χ4v) is 1.03. The van der Waals surface area contributed by atoms with E-state index in [0.29, 0.717) is 12.0 Å². The summed E-state index contributed by atoms with van der Waals surface area (Å²) in [4.78, 5) is 14.5. The Morgan fingerprint density at radius 3 is 2.20 bits per heavy atom. The molecule has 0 fully saturated rings. The highest BCUT2D eigenvalue weighted by Gasteiger charge is 2.05. The van der Waals surface area contributed by atoms with E-state index in [-0.39, 0.29) is 5.91 Å². The first-order valence-corrected chi connectivity index (χ1v) is 4.14. The van der Waals surface area contributed by atoms with Crippen molar-refractivity contribution in [3.8, 4) is 0 Å². The molecule has 0 N–H and O–H groups in total. The number of halogens is 1. The summed E-state index contributed by atoms with van der Waals surface area (Å²) in [5.41, 5.74) is 0. The van der Waals surface area contributed by atoms with Crippen molar-refractivity contribution in [2.45, 2.75) is 0 Å². The molecule has 0 saturated heterocycles. The second kappa shape index (κ2) is 4.68. The summed E-state index contributed by atoms with van der Waals surface area (Å²) in [6, 6.07) is 0. The van der Waals surface area contributed by atoms with Gasteiger partial charge in [0.05, 0.1) is 12.0 Å². The van der Waals surface area contributed by atoms with Crippen molar-refractivity contribution >= 4 is 21.8 Å². The zero-order valence-electron chi connectivity index (χ0n) is 6.59. The third-order valence-electron chi connectivity index (χ3n) is 1.04. The maximum absolute atomic E-state index is 10.9. The third kappa shape index (κ3) is 3.85. The van der Waals surface area contributed by atoms with Crippen LogP contribution in [0.3, 0.4) is 0 Å². The number of amides is 1. The molecule has 0 unspecified atom stereocenters. The van der Waals surface area contributed by atoms with Gasteiger partial charge < -0.3 is 4.90 Å². The Kier molecular flexibility index (Phi) is 4.64. The van der Waals surface area contributed by atoms with Gasteiger partial charge in [-0.1, -0.05) is 15.9 Å². The molecule has 0 aromatic carbocycles. The number of carbonyl (C=O) groups is 1. The van der Waals surface area contributed by atoms with Crippen molar-refractivity contribution in [3.63, 3.8) is 0 Å². The molecule has 60 valence electrons. The van der Waals surface area contributed by atoms with Crippen LogP contribution in [0, 0.1) is 0 Å². The standard InChI is InChI=1S/C6H13BrN2O/c1-8(2)5-9(3)6(10)4-7/h4-5H2,1-3H3. The summed E-state index contributed by atoms with van der Waals surface area (Å²) in [6.45, 7) is 0.671. The molecular formula is C6H13BrN2O. The second-order valence-electron chi connectivity index (χ2n) is 2.45. The summed E-state index contributed by atoms with van der Waals surface area (Å²) in [6.07, 6.45) is 0. The van der Waals surface area contributed by atoms with Gasteiger partial charge in [0.1, 0.15) is 0 Å². The van der Waals surface area contributed by atoms with Crippen molar-refractivity contribution in [2.75, 3.05) is 33.1 Å². The Morgan fingerprint density at radius 2 is 1.90 bits per heavy atom. The number of hydrogen-bond acceptors (Lipinski definition) is 2. The molecule has 0 aromatic rings. The fraction of sp³-hybridized carbons (Fsp3) is 0.833. The largest absolute Gasteiger partial charge is 0.332 e. The lowest BCUT2D eigenvalue weighted by Gasteiger charge is -2.20.